The molecule has 3 aromatic rings. The Hall–Kier alpha value is -3.12. The highest BCUT2D eigenvalue weighted by Gasteiger charge is 2.20. The van der Waals surface area contributed by atoms with Crippen LogP contribution in [0.15, 0.2) is 51.7 Å². The average Bonchev–Trinajstić information content (AvgIpc) is 3.05. The Morgan fingerprint density at radius 2 is 1.82 bits per heavy atom. The molecule has 0 atom stereocenters. The van der Waals surface area contributed by atoms with Gasteiger partial charge in [0.2, 0.25) is 5.91 Å². The second-order valence-corrected chi connectivity index (χ2v) is 8.85. The van der Waals surface area contributed by atoms with Crippen molar-refractivity contribution in [1.82, 2.24) is 9.80 Å². The number of hydrogen-bond donors (Lipinski definition) is 0. The van der Waals surface area contributed by atoms with Gasteiger partial charge in [-0.15, -0.1) is 0 Å². The summed E-state index contributed by atoms with van der Waals surface area (Å²) in [5.41, 5.74) is 4.15. The maximum absolute atomic E-state index is 13.0. The normalized spacial score (nSPS) is 14.9. The Bertz CT molecular complexity index is 1180. The van der Waals surface area contributed by atoms with Crippen molar-refractivity contribution in [2.24, 2.45) is 0 Å². The van der Waals surface area contributed by atoms with Gasteiger partial charge in [0.05, 0.1) is 7.11 Å². The molecule has 0 radical (unpaired) electrons. The molecule has 174 valence electrons. The van der Waals surface area contributed by atoms with Gasteiger partial charge in [-0.1, -0.05) is 29.8 Å². The monoisotopic (exact) mass is 448 g/mol. The highest BCUT2D eigenvalue weighted by molar-refractivity contribution is 5.82. The Kier molecular flexibility index (Phi) is 7.14. The largest absolute Gasteiger partial charge is 0.497 e. The molecule has 33 heavy (non-hydrogen) atoms. The van der Waals surface area contributed by atoms with E-state index in [1.165, 1.54) is 11.1 Å². The van der Waals surface area contributed by atoms with Gasteiger partial charge in [0, 0.05) is 56.2 Å². The van der Waals surface area contributed by atoms with Gasteiger partial charge in [0.1, 0.15) is 11.3 Å². The van der Waals surface area contributed by atoms with Gasteiger partial charge in [0.15, 0.2) is 0 Å². The standard InChI is InChI=1S/C27H32N2O4/c1-19-5-7-21(8-6-19)18-28-13-4-14-29(16-15-28)26(30)12-11-24-20(2)23-10-9-22(32-3)17-25(23)33-27(24)31/h5-10,17H,4,11-16,18H2,1-3H3. The van der Waals surface area contributed by atoms with E-state index in [1.807, 2.05) is 24.0 Å². The molecule has 1 aromatic heterocycles. The van der Waals surface area contributed by atoms with Crippen LogP contribution in [0.3, 0.4) is 0 Å². The third-order valence-corrected chi connectivity index (χ3v) is 6.55. The smallest absolute Gasteiger partial charge is 0.339 e. The molecule has 0 spiro atoms. The summed E-state index contributed by atoms with van der Waals surface area (Å²) in [5, 5.41) is 0.874. The average molecular weight is 449 g/mol. The predicted octanol–water partition coefficient (Wildman–Crippen LogP) is 4.09. The van der Waals surface area contributed by atoms with Crippen molar-refractivity contribution in [3.63, 3.8) is 0 Å². The molecular formula is C27H32N2O4. The molecule has 6 heteroatoms. The molecule has 1 aliphatic heterocycles. The Balaban J connectivity index is 1.37. The lowest BCUT2D eigenvalue weighted by Crippen LogP contribution is -2.35. The quantitative estimate of drug-likeness (QED) is 0.532. The minimum atomic E-state index is -0.374. The van der Waals surface area contributed by atoms with Crippen molar-refractivity contribution >= 4 is 16.9 Å². The van der Waals surface area contributed by atoms with E-state index in [0.29, 0.717) is 29.7 Å². The third kappa shape index (κ3) is 5.45. The van der Waals surface area contributed by atoms with Crippen LogP contribution in [-0.2, 0) is 17.8 Å². The summed E-state index contributed by atoms with van der Waals surface area (Å²) in [4.78, 5) is 29.9. The number of hydrogen-bond acceptors (Lipinski definition) is 5. The van der Waals surface area contributed by atoms with Crippen LogP contribution in [0.4, 0.5) is 0 Å². The van der Waals surface area contributed by atoms with Gasteiger partial charge < -0.3 is 14.1 Å². The molecule has 2 aromatic carbocycles. The lowest BCUT2D eigenvalue weighted by atomic mass is 10.0. The highest BCUT2D eigenvalue weighted by atomic mass is 16.5. The van der Waals surface area contributed by atoms with Crippen molar-refractivity contribution in [3.8, 4) is 5.75 Å². The van der Waals surface area contributed by atoms with E-state index < -0.39 is 0 Å². The van der Waals surface area contributed by atoms with Gasteiger partial charge in [0.25, 0.3) is 0 Å². The van der Waals surface area contributed by atoms with Crippen LogP contribution in [0, 0.1) is 13.8 Å². The second-order valence-electron chi connectivity index (χ2n) is 8.85. The first-order chi connectivity index (χ1) is 15.9. The summed E-state index contributed by atoms with van der Waals surface area (Å²) < 4.78 is 10.7. The van der Waals surface area contributed by atoms with Gasteiger partial charge >= 0.3 is 5.63 Å². The SMILES string of the molecule is COc1ccc2c(C)c(CCC(=O)N3CCCN(Cc4ccc(C)cc4)CC3)c(=O)oc2c1. The number of carbonyl (C=O) groups excluding carboxylic acids is 1. The molecule has 0 unspecified atom stereocenters. The number of nitrogens with zero attached hydrogens (tertiary/aromatic N) is 2. The molecule has 2 heterocycles. The summed E-state index contributed by atoms with van der Waals surface area (Å²) >= 11 is 0. The van der Waals surface area contributed by atoms with E-state index in [2.05, 4.69) is 36.1 Å². The topological polar surface area (TPSA) is 63.0 Å². The fraction of sp³-hybridized carbons (Fsp3) is 0.407. The number of rotatable bonds is 6. The number of fused-ring (bicyclic) bond motifs is 1. The second kappa shape index (κ2) is 10.2. The lowest BCUT2D eigenvalue weighted by molar-refractivity contribution is -0.131. The van der Waals surface area contributed by atoms with Gasteiger partial charge in [-0.25, -0.2) is 4.79 Å². The molecule has 0 bridgehead atoms. The molecule has 1 fully saturated rings. The molecule has 1 amide bonds. The van der Waals surface area contributed by atoms with Crippen molar-refractivity contribution < 1.29 is 13.9 Å². The van der Waals surface area contributed by atoms with Crippen LogP contribution in [0.2, 0.25) is 0 Å². The molecule has 6 nitrogen and oxygen atoms in total. The van der Waals surface area contributed by atoms with Crippen molar-refractivity contribution in [1.29, 1.82) is 0 Å². The van der Waals surface area contributed by atoms with Crippen LogP contribution in [0.1, 0.15) is 35.1 Å². The number of aryl methyl sites for hydroxylation is 2. The first-order valence-corrected chi connectivity index (χ1v) is 11.6. The minimum Gasteiger partial charge on any atom is -0.497 e. The Morgan fingerprint density at radius 3 is 2.58 bits per heavy atom. The third-order valence-electron chi connectivity index (χ3n) is 6.55. The molecule has 0 N–H and O–H groups in total. The van der Waals surface area contributed by atoms with E-state index >= 15 is 0 Å². The zero-order valence-electron chi connectivity index (χ0n) is 19.7. The van der Waals surface area contributed by atoms with E-state index in [0.717, 1.165) is 50.1 Å². The molecule has 0 aliphatic carbocycles. The van der Waals surface area contributed by atoms with Crippen LogP contribution in [0.25, 0.3) is 11.0 Å². The minimum absolute atomic E-state index is 0.0980. The van der Waals surface area contributed by atoms with E-state index in [1.54, 1.807) is 13.2 Å². The van der Waals surface area contributed by atoms with Gasteiger partial charge in [-0.3, -0.25) is 9.69 Å². The number of amides is 1. The number of ether oxygens (including phenoxy) is 1. The predicted molar refractivity (Wildman–Crippen MR) is 130 cm³/mol. The number of benzene rings is 2. The fourth-order valence-electron chi connectivity index (χ4n) is 4.51. The highest BCUT2D eigenvalue weighted by Crippen LogP contribution is 2.24. The summed E-state index contributed by atoms with van der Waals surface area (Å²) in [6, 6.07) is 14.1. The molecule has 4 rings (SSSR count). The van der Waals surface area contributed by atoms with Crippen LogP contribution >= 0.6 is 0 Å². The van der Waals surface area contributed by atoms with Crippen LogP contribution < -0.4 is 10.4 Å². The lowest BCUT2D eigenvalue weighted by Gasteiger charge is -2.22. The molecule has 1 saturated heterocycles. The Labute approximate surface area is 194 Å². The summed E-state index contributed by atoms with van der Waals surface area (Å²) in [6.45, 7) is 8.24. The Morgan fingerprint density at radius 1 is 1.03 bits per heavy atom. The van der Waals surface area contributed by atoms with Crippen LogP contribution in [0.5, 0.6) is 5.75 Å². The van der Waals surface area contributed by atoms with Gasteiger partial charge in [-0.05, 0) is 49.9 Å². The zero-order chi connectivity index (χ0) is 23.4. The fourth-order valence-corrected chi connectivity index (χ4v) is 4.51. The van der Waals surface area contributed by atoms with Crippen LogP contribution in [-0.4, -0.2) is 49.0 Å². The maximum atomic E-state index is 13.0. The number of carbonyl (C=O) groups is 1. The summed E-state index contributed by atoms with van der Waals surface area (Å²) in [5.74, 6) is 0.742. The molecule has 0 saturated carbocycles. The number of methoxy groups -OCH3 is 1. The maximum Gasteiger partial charge on any atom is 0.339 e. The molecule has 1 aliphatic rings. The zero-order valence-corrected chi connectivity index (χ0v) is 19.7. The van der Waals surface area contributed by atoms with E-state index in [4.69, 9.17) is 9.15 Å². The van der Waals surface area contributed by atoms with Crippen molar-refractivity contribution in [3.05, 3.63) is 75.1 Å². The first-order valence-electron chi connectivity index (χ1n) is 11.6. The first kappa shape index (κ1) is 23.1. The summed E-state index contributed by atoms with van der Waals surface area (Å²) in [6.07, 6.45) is 1.65. The van der Waals surface area contributed by atoms with Crippen molar-refractivity contribution in [2.75, 3.05) is 33.3 Å². The molecular weight excluding hydrogens is 416 g/mol. The van der Waals surface area contributed by atoms with E-state index in [-0.39, 0.29) is 11.5 Å². The van der Waals surface area contributed by atoms with E-state index in [9.17, 15) is 9.59 Å². The summed E-state index contributed by atoms with van der Waals surface area (Å²) in [7, 11) is 1.58. The van der Waals surface area contributed by atoms with Gasteiger partial charge in [-0.2, -0.15) is 0 Å². The van der Waals surface area contributed by atoms with Crippen molar-refractivity contribution in [2.45, 2.75) is 39.7 Å².